The Morgan fingerprint density at radius 1 is 1.03 bits per heavy atom. The highest BCUT2D eigenvalue weighted by molar-refractivity contribution is 7.89. The van der Waals surface area contributed by atoms with Gasteiger partial charge >= 0.3 is 0 Å². The summed E-state index contributed by atoms with van der Waals surface area (Å²) in [5.41, 5.74) is 3.42. The molecular weight excluding hydrogens is 456 g/mol. The van der Waals surface area contributed by atoms with Crippen molar-refractivity contribution < 1.29 is 17.7 Å². The van der Waals surface area contributed by atoms with E-state index in [0.29, 0.717) is 28.4 Å². The summed E-state index contributed by atoms with van der Waals surface area (Å²) in [5.74, 6) is 0.641. The minimum atomic E-state index is -3.91. The smallest absolute Gasteiger partial charge is 0.271 e. The van der Waals surface area contributed by atoms with Gasteiger partial charge in [-0.05, 0) is 50.6 Å². The molecule has 0 aliphatic heterocycles. The van der Waals surface area contributed by atoms with Crippen LogP contribution in [-0.4, -0.2) is 30.5 Å². The lowest BCUT2D eigenvalue weighted by molar-refractivity contribution is 0.392. The molecule has 0 spiro atoms. The molecule has 0 unspecified atom stereocenters. The lowest BCUT2D eigenvalue weighted by atomic mass is 10.1. The van der Waals surface area contributed by atoms with Gasteiger partial charge in [0, 0.05) is 18.2 Å². The van der Waals surface area contributed by atoms with Crippen molar-refractivity contribution in [2.24, 2.45) is 0 Å². The first kappa shape index (κ1) is 23.4. The number of methoxy groups -OCH3 is 1. The molecule has 2 aromatic heterocycles. The van der Waals surface area contributed by atoms with E-state index in [2.05, 4.69) is 15.0 Å². The molecule has 0 fully saturated rings. The number of hydrogen-bond acceptors (Lipinski definition) is 7. The van der Waals surface area contributed by atoms with Gasteiger partial charge in [-0.25, -0.2) is 13.1 Å². The number of ether oxygens (including phenoxy) is 1. The van der Waals surface area contributed by atoms with Crippen LogP contribution in [0.4, 0.5) is 0 Å². The molecule has 0 aliphatic rings. The van der Waals surface area contributed by atoms with Crippen molar-refractivity contribution in [1.29, 1.82) is 0 Å². The lowest BCUT2D eigenvalue weighted by Gasteiger charge is -2.13. The van der Waals surface area contributed by atoms with Crippen molar-refractivity contribution in [1.82, 2.24) is 19.7 Å². The lowest BCUT2D eigenvalue weighted by Crippen LogP contribution is -2.24. The Balaban J connectivity index is 1.72. The van der Waals surface area contributed by atoms with E-state index >= 15 is 0 Å². The summed E-state index contributed by atoms with van der Waals surface area (Å²) in [4.78, 5) is 12.4. The van der Waals surface area contributed by atoms with Gasteiger partial charge in [0.2, 0.25) is 10.0 Å². The van der Waals surface area contributed by atoms with Crippen LogP contribution < -0.4 is 15.0 Å². The average molecular weight is 481 g/mol. The summed E-state index contributed by atoms with van der Waals surface area (Å²) < 4.78 is 40.6. The third-order valence-corrected chi connectivity index (χ3v) is 6.77. The number of aromatic nitrogens is 3. The monoisotopic (exact) mass is 480 g/mol. The summed E-state index contributed by atoms with van der Waals surface area (Å²) in [6, 6.07) is 15.2. The minimum Gasteiger partial charge on any atom is -0.495 e. The number of aryl methyl sites for hydroxylation is 3. The van der Waals surface area contributed by atoms with E-state index in [4.69, 9.17) is 9.26 Å². The quantitative estimate of drug-likeness (QED) is 0.431. The number of nitrogens with zero attached hydrogens (tertiary/aromatic N) is 3. The van der Waals surface area contributed by atoms with Gasteiger partial charge < -0.3 is 9.26 Å². The highest BCUT2D eigenvalue weighted by Gasteiger charge is 2.21. The van der Waals surface area contributed by atoms with Gasteiger partial charge in [-0.2, -0.15) is 9.78 Å². The fourth-order valence-electron chi connectivity index (χ4n) is 3.51. The van der Waals surface area contributed by atoms with E-state index in [1.807, 2.05) is 31.2 Å². The topological polar surface area (TPSA) is 116 Å². The third-order valence-electron chi connectivity index (χ3n) is 5.34. The predicted octanol–water partition coefficient (Wildman–Crippen LogP) is 3.30. The van der Waals surface area contributed by atoms with Gasteiger partial charge in [-0.15, -0.1) is 0 Å². The maximum Gasteiger partial charge on any atom is 0.271 e. The van der Waals surface area contributed by atoms with Gasteiger partial charge in [-0.3, -0.25) is 4.79 Å². The normalized spacial score (nSPS) is 11.5. The SMILES string of the molecule is COc1ccc(-c2ccc(=O)n(-c3c(C)noc3C)n2)cc1S(=O)(=O)NCc1ccc(C)cc1. The molecule has 0 amide bonds. The highest BCUT2D eigenvalue weighted by atomic mass is 32.2. The highest BCUT2D eigenvalue weighted by Crippen LogP contribution is 2.29. The molecule has 10 heteroatoms. The van der Waals surface area contributed by atoms with Crippen LogP contribution in [0.2, 0.25) is 0 Å². The van der Waals surface area contributed by atoms with E-state index in [9.17, 15) is 13.2 Å². The Morgan fingerprint density at radius 3 is 2.41 bits per heavy atom. The van der Waals surface area contributed by atoms with Crippen molar-refractivity contribution in [2.75, 3.05) is 7.11 Å². The average Bonchev–Trinajstić information content (AvgIpc) is 3.16. The third kappa shape index (κ3) is 4.63. The first-order valence-corrected chi connectivity index (χ1v) is 11.9. The summed E-state index contributed by atoms with van der Waals surface area (Å²) in [5, 5.41) is 8.31. The van der Waals surface area contributed by atoms with Crippen LogP contribution >= 0.6 is 0 Å². The number of hydrogen-bond donors (Lipinski definition) is 1. The van der Waals surface area contributed by atoms with Crippen LogP contribution in [-0.2, 0) is 16.6 Å². The summed E-state index contributed by atoms with van der Waals surface area (Å²) in [6.45, 7) is 5.50. The van der Waals surface area contributed by atoms with E-state index < -0.39 is 10.0 Å². The second-order valence-electron chi connectivity index (χ2n) is 7.82. The zero-order chi connectivity index (χ0) is 24.5. The molecule has 0 atom stereocenters. The van der Waals surface area contributed by atoms with Crippen molar-refractivity contribution in [3.05, 3.63) is 87.5 Å². The molecule has 4 rings (SSSR count). The van der Waals surface area contributed by atoms with Crippen molar-refractivity contribution in [3.63, 3.8) is 0 Å². The van der Waals surface area contributed by atoms with E-state index in [1.54, 1.807) is 26.0 Å². The van der Waals surface area contributed by atoms with E-state index in [-0.39, 0.29) is 22.7 Å². The first-order chi connectivity index (χ1) is 16.2. The van der Waals surface area contributed by atoms with E-state index in [1.165, 1.54) is 30.0 Å². The Labute approximate surface area is 197 Å². The number of rotatable bonds is 7. The van der Waals surface area contributed by atoms with Gasteiger partial charge in [0.1, 0.15) is 22.0 Å². The number of sulfonamides is 1. The second-order valence-corrected chi connectivity index (χ2v) is 9.55. The first-order valence-electron chi connectivity index (χ1n) is 10.5. The Morgan fingerprint density at radius 2 is 1.76 bits per heavy atom. The molecule has 0 bridgehead atoms. The Kier molecular flexibility index (Phi) is 6.36. The molecule has 0 aliphatic carbocycles. The largest absolute Gasteiger partial charge is 0.495 e. The molecule has 1 N–H and O–H groups in total. The zero-order valence-electron chi connectivity index (χ0n) is 19.2. The summed E-state index contributed by atoms with van der Waals surface area (Å²) in [6.07, 6.45) is 0. The van der Waals surface area contributed by atoms with Crippen LogP contribution in [0.15, 0.2) is 68.8 Å². The van der Waals surface area contributed by atoms with Gasteiger partial charge in [0.25, 0.3) is 5.56 Å². The number of nitrogens with one attached hydrogen (secondary N) is 1. The summed E-state index contributed by atoms with van der Waals surface area (Å²) >= 11 is 0. The van der Waals surface area contributed by atoms with Gasteiger partial charge in [-0.1, -0.05) is 35.0 Å². The Bertz CT molecular complexity index is 1490. The molecule has 0 radical (unpaired) electrons. The summed E-state index contributed by atoms with van der Waals surface area (Å²) in [7, 11) is -2.51. The Hall–Kier alpha value is -3.76. The van der Waals surface area contributed by atoms with Crippen LogP contribution in [0, 0.1) is 20.8 Å². The standard InChI is InChI=1S/C24H24N4O5S/c1-15-5-7-18(8-6-15)14-25-34(30,31)22-13-19(9-11-21(22)32-4)20-10-12-23(29)28(26-20)24-16(2)27-33-17(24)3/h5-13,25H,14H2,1-4H3. The van der Waals surface area contributed by atoms with Crippen molar-refractivity contribution >= 4 is 10.0 Å². The predicted molar refractivity (Wildman–Crippen MR) is 127 cm³/mol. The second kappa shape index (κ2) is 9.24. The van der Waals surface area contributed by atoms with Crippen LogP contribution in [0.3, 0.4) is 0 Å². The van der Waals surface area contributed by atoms with Crippen molar-refractivity contribution in [3.8, 4) is 22.7 Å². The molecule has 9 nitrogen and oxygen atoms in total. The molecule has 176 valence electrons. The molecular formula is C24H24N4O5S. The molecule has 34 heavy (non-hydrogen) atoms. The number of benzene rings is 2. The maximum atomic E-state index is 13.1. The molecule has 0 saturated carbocycles. The molecule has 2 heterocycles. The van der Waals surface area contributed by atoms with Gasteiger partial charge in [0.05, 0.1) is 12.8 Å². The van der Waals surface area contributed by atoms with Crippen molar-refractivity contribution in [2.45, 2.75) is 32.2 Å². The molecule has 4 aromatic rings. The van der Waals surface area contributed by atoms with Crippen LogP contribution in [0.5, 0.6) is 5.75 Å². The molecule has 0 saturated heterocycles. The fraction of sp³-hybridized carbons (Fsp3) is 0.208. The van der Waals surface area contributed by atoms with Gasteiger partial charge in [0.15, 0.2) is 5.76 Å². The maximum absolute atomic E-state index is 13.1. The zero-order valence-corrected chi connectivity index (χ0v) is 20.0. The molecule has 2 aromatic carbocycles. The van der Waals surface area contributed by atoms with Crippen LogP contribution in [0.25, 0.3) is 16.9 Å². The fourth-order valence-corrected chi connectivity index (χ4v) is 4.72. The minimum absolute atomic E-state index is 0.0310. The van der Waals surface area contributed by atoms with Crippen LogP contribution in [0.1, 0.15) is 22.6 Å². The van der Waals surface area contributed by atoms with E-state index in [0.717, 1.165) is 11.1 Å².